The van der Waals surface area contributed by atoms with Gasteiger partial charge in [-0.15, -0.1) is 0 Å². The molecule has 1 aliphatic heterocycles. The van der Waals surface area contributed by atoms with Crippen molar-refractivity contribution < 1.29 is 4.79 Å². The lowest BCUT2D eigenvalue weighted by molar-refractivity contribution is 0.102. The summed E-state index contributed by atoms with van der Waals surface area (Å²) in [4.78, 5) is 17.2. The smallest absolute Gasteiger partial charge is 0.255 e. The molecule has 0 unspecified atom stereocenters. The number of anilines is 2. The molecule has 4 heteroatoms. The van der Waals surface area contributed by atoms with Crippen molar-refractivity contribution in [3.8, 4) is 0 Å². The number of hydrogen-bond acceptors (Lipinski definition) is 3. The predicted octanol–water partition coefficient (Wildman–Crippen LogP) is 3.56. The number of rotatable bonds is 4. The molecule has 0 atom stereocenters. The Bertz CT molecular complexity index is 731. The van der Waals surface area contributed by atoms with Crippen LogP contribution in [0, 0.1) is 6.92 Å². The summed E-state index contributed by atoms with van der Waals surface area (Å²) in [7, 11) is 2.16. The highest BCUT2D eigenvalue weighted by Gasteiger charge is 2.16. The molecule has 0 aliphatic carbocycles. The Kier molecular flexibility index (Phi) is 5.39. The minimum atomic E-state index is -0.0607. The molecule has 1 amide bonds. The van der Waals surface area contributed by atoms with E-state index < -0.39 is 0 Å². The van der Waals surface area contributed by atoms with Gasteiger partial charge in [-0.3, -0.25) is 4.79 Å². The molecule has 132 valence electrons. The van der Waals surface area contributed by atoms with E-state index in [4.69, 9.17) is 0 Å². The van der Waals surface area contributed by atoms with E-state index in [9.17, 15) is 4.79 Å². The van der Waals surface area contributed by atoms with E-state index >= 15 is 0 Å². The lowest BCUT2D eigenvalue weighted by Crippen LogP contribution is -2.44. The lowest BCUT2D eigenvalue weighted by Gasteiger charge is -2.35. The van der Waals surface area contributed by atoms with Gasteiger partial charge in [-0.05, 0) is 61.9 Å². The number of benzene rings is 2. The van der Waals surface area contributed by atoms with Crippen LogP contribution in [0.1, 0.15) is 28.4 Å². The zero-order valence-electron chi connectivity index (χ0n) is 15.4. The van der Waals surface area contributed by atoms with Crippen LogP contribution in [0.25, 0.3) is 0 Å². The third-order valence-electron chi connectivity index (χ3n) is 4.92. The number of nitrogens with one attached hydrogen (secondary N) is 1. The van der Waals surface area contributed by atoms with Crippen LogP contribution >= 0.6 is 0 Å². The maximum absolute atomic E-state index is 12.4. The van der Waals surface area contributed by atoms with Gasteiger partial charge in [0.1, 0.15) is 0 Å². The SMILES string of the molecule is CCc1ccc(C(=O)Nc2ccc(N3CCN(C)CC3)c(C)c2)cc1. The first-order valence-corrected chi connectivity index (χ1v) is 9.01. The summed E-state index contributed by atoms with van der Waals surface area (Å²) in [6.07, 6.45) is 0.981. The van der Waals surface area contributed by atoms with Crippen molar-refractivity contribution in [2.75, 3.05) is 43.4 Å². The van der Waals surface area contributed by atoms with Crippen molar-refractivity contribution in [3.05, 3.63) is 59.2 Å². The highest BCUT2D eigenvalue weighted by Crippen LogP contribution is 2.25. The molecule has 2 aromatic carbocycles. The fourth-order valence-electron chi connectivity index (χ4n) is 3.23. The van der Waals surface area contributed by atoms with Crippen LogP contribution in [-0.2, 0) is 6.42 Å². The molecule has 1 aliphatic rings. The van der Waals surface area contributed by atoms with Gasteiger partial charge in [-0.25, -0.2) is 0 Å². The van der Waals surface area contributed by atoms with Crippen molar-refractivity contribution >= 4 is 17.3 Å². The van der Waals surface area contributed by atoms with E-state index in [2.05, 4.69) is 48.1 Å². The van der Waals surface area contributed by atoms with E-state index in [0.29, 0.717) is 5.56 Å². The molecule has 0 aromatic heterocycles. The van der Waals surface area contributed by atoms with Gasteiger partial charge in [0.05, 0.1) is 0 Å². The minimum Gasteiger partial charge on any atom is -0.369 e. The van der Waals surface area contributed by atoms with E-state index in [1.807, 2.05) is 30.3 Å². The molecule has 4 nitrogen and oxygen atoms in total. The van der Waals surface area contributed by atoms with Crippen molar-refractivity contribution in [1.29, 1.82) is 0 Å². The second-order valence-electron chi connectivity index (χ2n) is 6.80. The molecule has 0 spiro atoms. The fourth-order valence-corrected chi connectivity index (χ4v) is 3.23. The Balaban J connectivity index is 1.68. The van der Waals surface area contributed by atoms with Gasteiger partial charge in [0, 0.05) is 43.1 Å². The monoisotopic (exact) mass is 337 g/mol. The molecule has 1 N–H and O–H groups in total. The normalized spacial score (nSPS) is 15.2. The number of carbonyl (C=O) groups is 1. The molecule has 1 saturated heterocycles. The van der Waals surface area contributed by atoms with Gasteiger partial charge in [0.2, 0.25) is 0 Å². The molecule has 0 bridgehead atoms. The molecule has 0 radical (unpaired) electrons. The quantitative estimate of drug-likeness (QED) is 0.926. The second-order valence-corrected chi connectivity index (χ2v) is 6.80. The molecule has 3 rings (SSSR count). The molecule has 1 fully saturated rings. The van der Waals surface area contributed by atoms with Crippen LogP contribution in [0.5, 0.6) is 0 Å². The molecule has 2 aromatic rings. The van der Waals surface area contributed by atoms with Crippen molar-refractivity contribution in [3.63, 3.8) is 0 Å². The van der Waals surface area contributed by atoms with Crippen LogP contribution in [-0.4, -0.2) is 44.0 Å². The first-order chi connectivity index (χ1) is 12.1. The molecular formula is C21H27N3O. The number of aryl methyl sites for hydroxylation is 2. The van der Waals surface area contributed by atoms with Gasteiger partial charge in [-0.1, -0.05) is 19.1 Å². The first kappa shape index (κ1) is 17.5. The number of nitrogens with zero attached hydrogens (tertiary/aromatic N) is 2. The Morgan fingerprint density at radius 2 is 1.72 bits per heavy atom. The maximum atomic E-state index is 12.4. The third kappa shape index (κ3) is 4.20. The largest absolute Gasteiger partial charge is 0.369 e. The number of piperazine rings is 1. The van der Waals surface area contributed by atoms with Crippen LogP contribution < -0.4 is 10.2 Å². The van der Waals surface area contributed by atoms with E-state index in [1.54, 1.807) is 0 Å². The number of amides is 1. The third-order valence-corrected chi connectivity index (χ3v) is 4.92. The molecule has 0 saturated carbocycles. The van der Waals surface area contributed by atoms with Gasteiger partial charge in [0.15, 0.2) is 0 Å². The topological polar surface area (TPSA) is 35.6 Å². The van der Waals surface area contributed by atoms with Crippen molar-refractivity contribution in [2.45, 2.75) is 20.3 Å². The van der Waals surface area contributed by atoms with Crippen LogP contribution in [0.3, 0.4) is 0 Å². The minimum absolute atomic E-state index is 0.0607. The van der Waals surface area contributed by atoms with E-state index in [1.165, 1.54) is 16.8 Å². The van der Waals surface area contributed by atoms with E-state index in [-0.39, 0.29) is 5.91 Å². The Labute approximate surface area is 150 Å². The average Bonchev–Trinajstić information content (AvgIpc) is 2.63. The zero-order chi connectivity index (χ0) is 17.8. The van der Waals surface area contributed by atoms with Crippen LogP contribution in [0.15, 0.2) is 42.5 Å². The summed E-state index contributed by atoms with van der Waals surface area (Å²) < 4.78 is 0. The first-order valence-electron chi connectivity index (χ1n) is 9.01. The van der Waals surface area contributed by atoms with Gasteiger partial charge in [-0.2, -0.15) is 0 Å². The van der Waals surface area contributed by atoms with Crippen molar-refractivity contribution in [1.82, 2.24) is 4.90 Å². The number of likely N-dealkylation sites (N-methyl/N-ethyl adjacent to an activating group) is 1. The summed E-state index contributed by atoms with van der Waals surface area (Å²) in [6, 6.07) is 14.0. The highest BCUT2D eigenvalue weighted by atomic mass is 16.1. The fraction of sp³-hybridized carbons (Fsp3) is 0.381. The summed E-state index contributed by atoms with van der Waals surface area (Å²) >= 11 is 0. The Hall–Kier alpha value is -2.33. The predicted molar refractivity (Wildman–Crippen MR) is 105 cm³/mol. The van der Waals surface area contributed by atoms with Crippen LogP contribution in [0.2, 0.25) is 0 Å². The molecule has 1 heterocycles. The maximum Gasteiger partial charge on any atom is 0.255 e. The number of hydrogen-bond donors (Lipinski definition) is 1. The Morgan fingerprint density at radius 1 is 1.04 bits per heavy atom. The second kappa shape index (κ2) is 7.70. The van der Waals surface area contributed by atoms with Crippen molar-refractivity contribution in [2.24, 2.45) is 0 Å². The summed E-state index contributed by atoms with van der Waals surface area (Å²) in [5.74, 6) is -0.0607. The summed E-state index contributed by atoms with van der Waals surface area (Å²) in [6.45, 7) is 8.50. The zero-order valence-corrected chi connectivity index (χ0v) is 15.4. The Morgan fingerprint density at radius 3 is 2.32 bits per heavy atom. The average molecular weight is 337 g/mol. The standard InChI is InChI=1S/C21H27N3O/c1-4-17-5-7-18(8-6-17)21(25)22-19-9-10-20(16(2)15-19)24-13-11-23(3)12-14-24/h5-10,15H,4,11-14H2,1-3H3,(H,22,25). The van der Waals surface area contributed by atoms with Gasteiger partial charge >= 0.3 is 0 Å². The molecule has 25 heavy (non-hydrogen) atoms. The van der Waals surface area contributed by atoms with Gasteiger partial charge < -0.3 is 15.1 Å². The molecular weight excluding hydrogens is 310 g/mol. The number of carbonyl (C=O) groups excluding carboxylic acids is 1. The van der Waals surface area contributed by atoms with Gasteiger partial charge in [0.25, 0.3) is 5.91 Å². The van der Waals surface area contributed by atoms with Crippen LogP contribution in [0.4, 0.5) is 11.4 Å². The van der Waals surface area contributed by atoms with E-state index in [0.717, 1.165) is 38.3 Å². The lowest BCUT2D eigenvalue weighted by atomic mass is 10.1. The highest BCUT2D eigenvalue weighted by molar-refractivity contribution is 6.04. The summed E-state index contributed by atoms with van der Waals surface area (Å²) in [5.41, 5.74) is 5.24. The summed E-state index contributed by atoms with van der Waals surface area (Å²) in [5, 5.41) is 3.01.